The Balaban J connectivity index is 4.11. The molecule has 0 aliphatic heterocycles. The third-order valence-electron chi connectivity index (χ3n) is 2.15. The molecule has 0 saturated carbocycles. The van der Waals surface area contributed by atoms with Gasteiger partial charge in [-0.15, -0.1) is 0 Å². The highest BCUT2D eigenvalue weighted by Gasteiger charge is 2.19. The lowest BCUT2D eigenvalue weighted by molar-refractivity contribution is -0.140. The molecule has 0 aromatic carbocycles. The van der Waals surface area contributed by atoms with Gasteiger partial charge in [0.05, 0.1) is 0 Å². The van der Waals surface area contributed by atoms with Gasteiger partial charge in [-0.2, -0.15) is 0 Å². The van der Waals surface area contributed by atoms with Crippen LogP contribution in [0.25, 0.3) is 0 Å². The van der Waals surface area contributed by atoms with Crippen LogP contribution < -0.4 is 0 Å². The van der Waals surface area contributed by atoms with Crippen molar-refractivity contribution in [2.24, 2.45) is 0 Å². The van der Waals surface area contributed by atoms with Crippen molar-refractivity contribution in [2.45, 2.75) is 52.6 Å². The van der Waals surface area contributed by atoms with E-state index in [1.54, 1.807) is 4.90 Å². The Hall–Kier alpha value is -0.570. The lowest BCUT2D eigenvalue weighted by Gasteiger charge is -2.24. The largest absolute Gasteiger partial charge is 0.383 e. The number of aliphatic hydroxyl groups excluding tert-OH is 1. The van der Waals surface area contributed by atoms with Crippen LogP contribution in [-0.4, -0.2) is 35.1 Å². The molecule has 0 aliphatic rings. The molecule has 0 radical (unpaired) electrons. The Labute approximate surface area is 87.1 Å². The Bertz CT molecular complexity index is 153. The molecule has 0 heterocycles. The summed E-state index contributed by atoms with van der Waals surface area (Å²) in [6.45, 7) is 7.58. The van der Waals surface area contributed by atoms with Gasteiger partial charge in [0.25, 0.3) is 5.91 Å². The molecule has 0 aromatic heterocycles. The fourth-order valence-corrected chi connectivity index (χ4v) is 1.48. The second kappa shape index (κ2) is 7.80. The molecular formula is C11H23NO2. The number of rotatable bonds is 7. The van der Waals surface area contributed by atoms with Crippen molar-refractivity contribution in [2.75, 3.05) is 13.1 Å². The summed E-state index contributed by atoms with van der Waals surface area (Å²) < 4.78 is 0. The minimum absolute atomic E-state index is 0.101. The Morgan fingerprint density at radius 2 is 1.64 bits per heavy atom. The van der Waals surface area contributed by atoms with E-state index in [0.717, 1.165) is 32.4 Å². The zero-order chi connectivity index (χ0) is 11.0. The van der Waals surface area contributed by atoms with Crippen molar-refractivity contribution in [1.82, 2.24) is 4.90 Å². The van der Waals surface area contributed by atoms with E-state index in [1.165, 1.54) is 0 Å². The van der Waals surface area contributed by atoms with E-state index in [1.807, 2.05) is 20.8 Å². The van der Waals surface area contributed by atoms with Gasteiger partial charge in [0.2, 0.25) is 0 Å². The summed E-state index contributed by atoms with van der Waals surface area (Å²) in [5.41, 5.74) is 0. The molecule has 1 amide bonds. The molecule has 1 atom stereocenters. The lowest BCUT2D eigenvalue weighted by atomic mass is 10.2. The Kier molecular flexibility index (Phi) is 7.48. The van der Waals surface area contributed by atoms with E-state index in [2.05, 4.69) is 0 Å². The molecule has 0 spiro atoms. The number of hydrogen-bond acceptors (Lipinski definition) is 2. The van der Waals surface area contributed by atoms with Gasteiger partial charge in [0.15, 0.2) is 0 Å². The highest BCUT2D eigenvalue weighted by atomic mass is 16.3. The van der Waals surface area contributed by atoms with Crippen LogP contribution in [0.3, 0.4) is 0 Å². The van der Waals surface area contributed by atoms with Crippen molar-refractivity contribution in [3.05, 3.63) is 0 Å². The third kappa shape index (κ3) is 4.61. The van der Waals surface area contributed by atoms with Gasteiger partial charge in [-0.25, -0.2) is 0 Å². The van der Waals surface area contributed by atoms with Crippen molar-refractivity contribution >= 4 is 5.91 Å². The monoisotopic (exact) mass is 201 g/mol. The van der Waals surface area contributed by atoms with Gasteiger partial charge in [-0.05, 0) is 19.3 Å². The number of carbonyl (C=O) groups is 1. The molecule has 0 fully saturated rings. The normalized spacial score (nSPS) is 12.6. The summed E-state index contributed by atoms with van der Waals surface area (Å²) in [6.07, 6.45) is 2.52. The van der Waals surface area contributed by atoms with E-state index in [0.29, 0.717) is 6.42 Å². The Morgan fingerprint density at radius 3 is 2.00 bits per heavy atom. The van der Waals surface area contributed by atoms with Crippen LogP contribution in [0.2, 0.25) is 0 Å². The topological polar surface area (TPSA) is 40.5 Å². The van der Waals surface area contributed by atoms with Gasteiger partial charge in [0, 0.05) is 13.1 Å². The van der Waals surface area contributed by atoms with Crippen molar-refractivity contribution < 1.29 is 9.90 Å². The minimum Gasteiger partial charge on any atom is -0.383 e. The molecule has 3 heteroatoms. The third-order valence-corrected chi connectivity index (χ3v) is 2.15. The molecule has 14 heavy (non-hydrogen) atoms. The van der Waals surface area contributed by atoms with Crippen LogP contribution in [0.15, 0.2) is 0 Å². The maximum absolute atomic E-state index is 11.7. The first-order valence-electron chi connectivity index (χ1n) is 5.64. The maximum atomic E-state index is 11.7. The zero-order valence-corrected chi connectivity index (χ0v) is 9.62. The molecule has 0 bridgehead atoms. The molecular weight excluding hydrogens is 178 g/mol. The summed E-state index contributed by atoms with van der Waals surface area (Å²) in [4.78, 5) is 13.5. The first-order valence-corrected chi connectivity index (χ1v) is 5.64. The molecule has 3 nitrogen and oxygen atoms in total. The predicted octanol–water partition coefficient (Wildman–Crippen LogP) is 1.80. The number of nitrogens with zero attached hydrogens (tertiary/aromatic N) is 1. The zero-order valence-electron chi connectivity index (χ0n) is 9.62. The van der Waals surface area contributed by atoms with Gasteiger partial charge in [-0.1, -0.05) is 27.2 Å². The fraction of sp³-hybridized carbons (Fsp3) is 0.909. The second-order valence-corrected chi connectivity index (χ2v) is 3.63. The van der Waals surface area contributed by atoms with E-state index < -0.39 is 6.10 Å². The second-order valence-electron chi connectivity index (χ2n) is 3.63. The number of amides is 1. The van der Waals surface area contributed by atoms with E-state index >= 15 is 0 Å². The lowest BCUT2D eigenvalue weighted by Crippen LogP contribution is -2.40. The molecule has 1 unspecified atom stereocenters. The summed E-state index contributed by atoms with van der Waals surface area (Å²) in [7, 11) is 0. The number of aliphatic hydroxyl groups is 1. The summed E-state index contributed by atoms with van der Waals surface area (Å²) >= 11 is 0. The molecule has 0 saturated heterocycles. The van der Waals surface area contributed by atoms with E-state index in [4.69, 9.17) is 0 Å². The van der Waals surface area contributed by atoms with Crippen LogP contribution in [0.4, 0.5) is 0 Å². The minimum atomic E-state index is -0.793. The highest BCUT2D eigenvalue weighted by Crippen LogP contribution is 2.04. The summed E-state index contributed by atoms with van der Waals surface area (Å²) in [5, 5.41) is 9.55. The van der Waals surface area contributed by atoms with Crippen molar-refractivity contribution in [3.8, 4) is 0 Å². The molecule has 0 rings (SSSR count). The Morgan fingerprint density at radius 1 is 1.14 bits per heavy atom. The molecule has 1 N–H and O–H groups in total. The fourth-order valence-electron chi connectivity index (χ4n) is 1.48. The summed E-state index contributed by atoms with van der Waals surface area (Å²) in [6, 6.07) is 0. The highest BCUT2D eigenvalue weighted by molar-refractivity contribution is 5.80. The van der Waals surface area contributed by atoms with Gasteiger partial charge < -0.3 is 10.0 Å². The first-order chi connectivity index (χ1) is 6.67. The van der Waals surface area contributed by atoms with Crippen molar-refractivity contribution in [1.29, 1.82) is 0 Å². The van der Waals surface area contributed by atoms with Crippen LogP contribution in [-0.2, 0) is 4.79 Å². The molecule has 0 aromatic rings. The van der Waals surface area contributed by atoms with Crippen LogP contribution in [0.5, 0.6) is 0 Å². The van der Waals surface area contributed by atoms with Crippen LogP contribution in [0.1, 0.15) is 46.5 Å². The quantitative estimate of drug-likeness (QED) is 0.682. The average Bonchev–Trinajstić information content (AvgIpc) is 2.17. The predicted molar refractivity (Wildman–Crippen MR) is 58.1 cm³/mol. The van der Waals surface area contributed by atoms with Gasteiger partial charge in [0.1, 0.15) is 6.10 Å². The van der Waals surface area contributed by atoms with Gasteiger partial charge in [-0.3, -0.25) is 4.79 Å². The first kappa shape index (κ1) is 13.4. The van der Waals surface area contributed by atoms with Crippen molar-refractivity contribution in [3.63, 3.8) is 0 Å². The maximum Gasteiger partial charge on any atom is 0.251 e. The standard InChI is InChI=1S/C11H23NO2/c1-4-7-10(13)11(14)12(8-5-2)9-6-3/h10,13H,4-9H2,1-3H3. The summed E-state index contributed by atoms with van der Waals surface area (Å²) in [5.74, 6) is -0.101. The van der Waals surface area contributed by atoms with Gasteiger partial charge >= 0.3 is 0 Å². The smallest absolute Gasteiger partial charge is 0.251 e. The molecule has 84 valence electrons. The number of hydrogen-bond donors (Lipinski definition) is 1. The SMILES string of the molecule is CCCC(O)C(=O)N(CCC)CCC. The van der Waals surface area contributed by atoms with Crippen LogP contribution >= 0.6 is 0 Å². The van der Waals surface area contributed by atoms with Crippen LogP contribution in [0, 0.1) is 0 Å². The number of carbonyl (C=O) groups excluding carboxylic acids is 1. The van der Waals surface area contributed by atoms with E-state index in [-0.39, 0.29) is 5.91 Å². The molecule has 0 aliphatic carbocycles. The average molecular weight is 201 g/mol. The van der Waals surface area contributed by atoms with E-state index in [9.17, 15) is 9.90 Å².